The van der Waals surface area contributed by atoms with Crippen LogP contribution in [0.1, 0.15) is 15.9 Å². The molecule has 0 aliphatic rings. The van der Waals surface area contributed by atoms with Crippen molar-refractivity contribution in [3.63, 3.8) is 0 Å². The summed E-state index contributed by atoms with van der Waals surface area (Å²) in [5.41, 5.74) is 1.09. The second-order valence-corrected chi connectivity index (χ2v) is 5.14. The first-order valence-corrected chi connectivity index (χ1v) is 6.90. The average molecular weight is 354 g/mol. The van der Waals surface area contributed by atoms with E-state index in [0.29, 0.717) is 22.3 Å². The van der Waals surface area contributed by atoms with E-state index in [0.717, 1.165) is 0 Å². The number of anilines is 1. The summed E-state index contributed by atoms with van der Waals surface area (Å²) in [5, 5.41) is 12.9. The van der Waals surface area contributed by atoms with E-state index in [4.69, 9.17) is 0 Å². The molecule has 2 aromatic carbocycles. The number of hydrogen-bond donors (Lipinski definition) is 2. The number of halogens is 2. The molecular weight excluding hydrogens is 341 g/mol. The van der Waals surface area contributed by atoms with Crippen molar-refractivity contribution in [2.75, 3.05) is 12.4 Å². The monoisotopic (exact) mass is 353 g/mol. The smallest absolute Gasteiger partial charge is 0.340 e. The third kappa shape index (κ3) is 3.52. The van der Waals surface area contributed by atoms with Crippen LogP contribution in [-0.4, -0.2) is 18.2 Å². The maximum atomic E-state index is 13.5. The number of phenols is 1. The largest absolute Gasteiger partial charge is 0.506 e. The van der Waals surface area contributed by atoms with E-state index in [1.165, 1.54) is 25.3 Å². The summed E-state index contributed by atoms with van der Waals surface area (Å²) in [6.45, 7) is 0.331. The van der Waals surface area contributed by atoms with Crippen molar-refractivity contribution >= 4 is 27.6 Å². The van der Waals surface area contributed by atoms with Gasteiger partial charge in [0.1, 0.15) is 11.6 Å². The SMILES string of the molecule is COC(=O)c1cc(NCc2cccc(Br)c2O)ccc1F. The molecule has 0 saturated heterocycles. The van der Waals surface area contributed by atoms with Crippen LogP contribution >= 0.6 is 15.9 Å². The van der Waals surface area contributed by atoms with Crippen LogP contribution in [0.2, 0.25) is 0 Å². The number of carbonyl (C=O) groups is 1. The Labute approximate surface area is 129 Å². The normalized spacial score (nSPS) is 10.2. The molecule has 0 unspecified atom stereocenters. The summed E-state index contributed by atoms with van der Waals surface area (Å²) in [6, 6.07) is 9.36. The molecule has 2 rings (SSSR count). The number of methoxy groups -OCH3 is 1. The van der Waals surface area contributed by atoms with E-state index in [1.54, 1.807) is 18.2 Å². The predicted octanol–water partition coefficient (Wildman–Crippen LogP) is 3.69. The highest BCUT2D eigenvalue weighted by Crippen LogP contribution is 2.28. The molecule has 110 valence electrons. The zero-order chi connectivity index (χ0) is 15.4. The number of hydrogen-bond acceptors (Lipinski definition) is 4. The van der Waals surface area contributed by atoms with E-state index >= 15 is 0 Å². The van der Waals surface area contributed by atoms with Crippen LogP contribution in [0.4, 0.5) is 10.1 Å². The third-order valence-electron chi connectivity index (χ3n) is 2.92. The molecule has 0 saturated carbocycles. The highest BCUT2D eigenvalue weighted by molar-refractivity contribution is 9.10. The molecule has 0 aliphatic carbocycles. The minimum absolute atomic E-state index is 0.138. The molecule has 4 nitrogen and oxygen atoms in total. The van der Waals surface area contributed by atoms with Crippen molar-refractivity contribution in [1.82, 2.24) is 0 Å². The maximum absolute atomic E-state index is 13.5. The molecule has 2 N–H and O–H groups in total. The molecule has 21 heavy (non-hydrogen) atoms. The van der Waals surface area contributed by atoms with Crippen molar-refractivity contribution in [3.05, 3.63) is 57.8 Å². The Morgan fingerprint density at radius 3 is 2.86 bits per heavy atom. The number of nitrogens with one attached hydrogen (secondary N) is 1. The molecule has 0 radical (unpaired) electrons. The molecule has 0 bridgehead atoms. The number of aromatic hydroxyl groups is 1. The number of carbonyl (C=O) groups excluding carboxylic acids is 1. The first-order chi connectivity index (χ1) is 10.0. The summed E-state index contributed by atoms with van der Waals surface area (Å²) < 4.78 is 18.6. The maximum Gasteiger partial charge on any atom is 0.340 e. The Hall–Kier alpha value is -2.08. The number of ether oxygens (including phenoxy) is 1. The topological polar surface area (TPSA) is 58.6 Å². The number of phenolic OH excluding ortho intramolecular Hbond substituents is 1. The van der Waals surface area contributed by atoms with Crippen LogP contribution in [0.25, 0.3) is 0 Å². The molecule has 0 fully saturated rings. The third-order valence-corrected chi connectivity index (χ3v) is 3.56. The van der Waals surface area contributed by atoms with Gasteiger partial charge in [-0.2, -0.15) is 0 Å². The Bertz CT molecular complexity index is 676. The van der Waals surface area contributed by atoms with Gasteiger partial charge in [-0.1, -0.05) is 12.1 Å². The van der Waals surface area contributed by atoms with Gasteiger partial charge in [0.25, 0.3) is 0 Å². The van der Waals surface area contributed by atoms with E-state index in [2.05, 4.69) is 26.0 Å². The zero-order valence-electron chi connectivity index (χ0n) is 11.2. The lowest BCUT2D eigenvalue weighted by Crippen LogP contribution is -2.06. The van der Waals surface area contributed by atoms with Crippen LogP contribution in [0.5, 0.6) is 5.75 Å². The van der Waals surface area contributed by atoms with Gasteiger partial charge in [0, 0.05) is 17.8 Å². The van der Waals surface area contributed by atoms with Gasteiger partial charge in [-0.25, -0.2) is 9.18 Å². The van der Waals surface area contributed by atoms with E-state index < -0.39 is 11.8 Å². The average Bonchev–Trinajstić information content (AvgIpc) is 2.49. The predicted molar refractivity (Wildman–Crippen MR) is 80.9 cm³/mol. The second-order valence-electron chi connectivity index (χ2n) is 4.29. The second kappa shape index (κ2) is 6.58. The van der Waals surface area contributed by atoms with Gasteiger partial charge >= 0.3 is 5.97 Å². The fourth-order valence-corrected chi connectivity index (χ4v) is 2.21. The van der Waals surface area contributed by atoms with Crippen molar-refractivity contribution in [1.29, 1.82) is 0 Å². The number of esters is 1. The number of benzene rings is 2. The van der Waals surface area contributed by atoms with Gasteiger partial charge in [0.15, 0.2) is 0 Å². The standard InChI is InChI=1S/C15H13BrFNO3/c1-21-15(20)11-7-10(5-6-13(11)17)18-8-9-3-2-4-12(16)14(9)19/h2-7,18-19H,8H2,1H3. The van der Waals surface area contributed by atoms with Crippen LogP contribution in [0.3, 0.4) is 0 Å². The molecule has 0 aromatic heterocycles. The molecule has 0 aliphatic heterocycles. The number of rotatable bonds is 4. The van der Waals surface area contributed by atoms with Crippen LogP contribution in [0, 0.1) is 5.82 Å². The summed E-state index contributed by atoms with van der Waals surface area (Å²) >= 11 is 3.23. The van der Waals surface area contributed by atoms with Gasteiger partial charge in [-0.05, 0) is 40.2 Å². The van der Waals surface area contributed by atoms with Crippen molar-refractivity contribution < 1.29 is 19.0 Å². The molecule has 0 amide bonds. The quantitative estimate of drug-likeness (QED) is 0.823. The Balaban J connectivity index is 2.17. The van der Waals surface area contributed by atoms with E-state index in [1.807, 2.05) is 0 Å². The summed E-state index contributed by atoms with van der Waals surface area (Å²) in [5.74, 6) is -1.24. The van der Waals surface area contributed by atoms with E-state index in [-0.39, 0.29) is 11.3 Å². The highest BCUT2D eigenvalue weighted by Gasteiger charge is 2.13. The first kappa shape index (κ1) is 15.3. The Morgan fingerprint density at radius 1 is 1.38 bits per heavy atom. The van der Waals surface area contributed by atoms with Crippen LogP contribution < -0.4 is 5.32 Å². The minimum atomic E-state index is -0.735. The zero-order valence-corrected chi connectivity index (χ0v) is 12.8. The Morgan fingerprint density at radius 2 is 2.14 bits per heavy atom. The van der Waals surface area contributed by atoms with Crippen molar-refractivity contribution in [2.45, 2.75) is 6.54 Å². The van der Waals surface area contributed by atoms with Gasteiger partial charge in [0.2, 0.25) is 0 Å². The lowest BCUT2D eigenvalue weighted by Gasteiger charge is -2.10. The molecule has 0 atom stereocenters. The lowest BCUT2D eigenvalue weighted by molar-refractivity contribution is 0.0595. The van der Waals surface area contributed by atoms with Gasteiger partial charge in [0.05, 0.1) is 17.1 Å². The first-order valence-electron chi connectivity index (χ1n) is 6.11. The summed E-state index contributed by atoms with van der Waals surface area (Å²) in [7, 11) is 1.20. The molecule has 0 heterocycles. The van der Waals surface area contributed by atoms with E-state index in [9.17, 15) is 14.3 Å². The summed E-state index contributed by atoms with van der Waals surface area (Å²) in [4.78, 5) is 11.4. The van der Waals surface area contributed by atoms with Gasteiger partial charge in [-0.15, -0.1) is 0 Å². The molecule has 6 heteroatoms. The van der Waals surface area contributed by atoms with Gasteiger partial charge in [-0.3, -0.25) is 0 Å². The highest BCUT2D eigenvalue weighted by atomic mass is 79.9. The molecular formula is C15H13BrFNO3. The summed E-state index contributed by atoms with van der Waals surface area (Å²) in [6.07, 6.45) is 0. The van der Waals surface area contributed by atoms with Crippen LogP contribution in [-0.2, 0) is 11.3 Å². The fraction of sp³-hybridized carbons (Fsp3) is 0.133. The van der Waals surface area contributed by atoms with Crippen molar-refractivity contribution in [2.24, 2.45) is 0 Å². The van der Waals surface area contributed by atoms with Crippen molar-refractivity contribution in [3.8, 4) is 5.75 Å². The van der Waals surface area contributed by atoms with Crippen LogP contribution in [0.15, 0.2) is 40.9 Å². The Kier molecular flexibility index (Phi) is 4.80. The minimum Gasteiger partial charge on any atom is -0.506 e. The lowest BCUT2D eigenvalue weighted by atomic mass is 10.1. The fourth-order valence-electron chi connectivity index (χ4n) is 1.80. The molecule has 0 spiro atoms. The van der Waals surface area contributed by atoms with Gasteiger partial charge < -0.3 is 15.2 Å². The number of para-hydroxylation sites is 1. The molecule has 2 aromatic rings.